The predicted molar refractivity (Wildman–Crippen MR) is 160 cm³/mol. The summed E-state index contributed by atoms with van der Waals surface area (Å²) >= 11 is 0. The molecule has 0 rings (SSSR count). The lowest BCUT2D eigenvalue weighted by molar-refractivity contribution is -0.150. The number of rotatable bonds is 30. The standard InChI is InChI=1S/C33H64O5/c1-4-6-8-9-13-18-23-29-36-31(3)37-30-24-19-14-11-16-21-26-32(38-33(35)27-7-5-2)25-20-15-10-12-17-22-28-34/h18,23,31-32,34H,4-17,19-22,24-30H2,1-3H3/b23-18-. The number of carbonyl (C=O) groups excluding carboxylic acids is 1. The van der Waals surface area contributed by atoms with Gasteiger partial charge in [0.25, 0.3) is 0 Å². The van der Waals surface area contributed by atoms with Crippen LogP contribution in [0.1, 0.15) is 162 Å². The van der Waals surface area contributed by atoms with Crippen LogP contribution < -0.4 is 0 Å². The molecular formula is C33H64O5. The van der Waals surface area contributed by atoms with E-state index in [9.17, 15) is 4.79 Å². The average molecular weight is 541 g/mol. The molecule has 0 aliphatic carbocycles. The third kappa shape index (κ3) is 28.1. The monoisotopic (exact) mass is 540 g/mol. The molecule has 0 aromatic heterocycles. The molecule has 226 valence electrons. The molecule has 2 unspecified atom stereocenters. The summed E-state index contributed by atoms with van der Waals surface area (Å²) in [5.41, 5.74) is 0. The number of hydrogen-bond donors (Lipinski definition) is 1. The molecule has 0 aromatic carbocycles. The van der Waals surface area contributed by atoms with E-state index in [1.165, 1.54) is 70.6 Å². The van der Waals surface area contributed by atoms with Crippen molar-refractivity contribution in [1.82, 2.24) is 0 Å². The molecule has 0 aliphatic heterocycles. The largest absolute Gasteiger partial charge is 0.462 e. The Kier molecular flexibility index (Phi) is 29.9. The van der Waals surface area contributed by atoms with Crippen LogP contribution in [0.3, 0.4) is 0 Å². The number of esters is 1. The molecule has 0 radical (unpaired) electrons. The van der Waals surface area contributed by atoms with Crippen LogP contribution in [0.5, 0.6) is 0 Å². The second-order valence-corrected chi connectivity index (χ2v) is 10.9. The van der Waals surface area contributed by atoms with Gasteiger partial charge in [-0.25, -0.2) is 0 Å². The van der Waals surface area contributed by atoms with Crippen LogP contribution >= 0.6 is 0 Å². The van der Waals surface area contributed by atoms with Crippen molar-refractivity contribution in [1.29, 1.82) is 0 Å². The zero-order chi connectivity index (χ0) is 27.9. The number of allylic oxidation sites excluding steroid dienone is 1. The van der Waals surface area contributed by atoms with Gasteiger partial charge in [-0.1, -0.05) is 103 Å². The molecule has 0 spiro atoms. The average Bonchev–Trinajstić information content (AvgIpc) is 2.91. The predicted octanol–water partition coefficient (Wildman–Crippen LogP) is 9.45. The van der Waals surface area contributed by atoms with Crippen LogP contribution in [0, 0.1) is 0 Å². The number of aliphatic hydroxyl groups is 1. The molecule has 0 aromatic rings. The minimum absolute atomic E-state index is 0.0172. The van der Waals surface area contributed by atoms with Crippen LogP contribution in [-0.2, 0) is 19.0 Å². The lowest BCUT2D eigenvalue weighted by atomic mass is 10.0. The van der Waals surface area contributed by atoms with Crippen molar-refractivity contribution in [2.45, 2.75) is 174 Å². The second-order valence-electron chi connectivity index (χ2n) is 10.9. The molecule has 0 saturated heterocycles. The summed E-state index contributed by atoms with van der Waals surface area (Å²) in [6.07, 6.45) is 28.9. The van der Waals surface area contributed by atoms with Gasteiger partial charge in [-0.3, -0.25) is 4.79 Å². The van der Waals surface area contributed by atoms with Crippen LogP contribution in [-0.4, -0.2) is 43.3 Å². The van der Waals surface area contributed by atoms with Crippen LogP contribution in [0.2, 0.25) is 0 Å². The number of hydrogen-bond acceptors (Lipinski definition) is 5. The molecule has 0 amide bonds. The first kappa shape index (κ1) is 37.1. The van der Waals surface area contributed by atoms with Gasteiger partial charge >= 0.3 is 5.97 Å². The summed E-state index contributed by atoms with van der Waals surface area (Å²) in [6, 6.07) is 0. The van der Waals surface area contributed by atoms with Gasteiger partial charge < -0.3 is 19.3 Å². The molecule has 0 aliphatic rings. The molecule has 5 nitrogen and oxygen atoms in total. The summed E-state index contributed by atoms with van der Waals surface area (Å²) in [7, 11) is 0. The number of carbonyl (C=O) groups is 1. The van der Waals surface area contributed by atoms with Gasteiger partial charge in [0.2, 0.25) is 0 Å². The fraction of sp³-hybridized carbons (Fsp3) is 0.909. The molecule has 2 atom stereocenters. The third-order valence-electron chi connectivity index (χ3n) is 7.06. The Bertz CT molecular complexity index is 508. The molecule has 0 fully saturated rings. The van der Waals surface area contributed by atoms with Crippen molar-refractivity contribution in [2.24, 2.45) is 0 Å². The molecule has 0 heterocycles. The highest BCUT2D eigenvalue weighted by atomic mass is 16.7. The Morgan fingerprint density at radius 3 is 1.89 bits per heavy atom. The van der Waals surface area contributed by atoms with E-state index in [1.807, 2.05) is 6.92 Å². The van der Waals surface area contributed by atoms with E-state index in [4.69, 9.17) is 19.3 Å². The fourth-order valence-corrected chi connectivity index (χ4v) is 4.56. The Morgan fingerprint density at radius 2 is 1.26 bits per heavy atom. The minimum Gasteiger partial charge on any atom is -0.462 e. The fourth-order valence-electron chi connectivity index (χ4n) is 4.56. The Hall–Kier alpha value is -0.910. The maximum atomic E-state index is 12.2. The maximum absolute atomic E-state index is 12.2. The van der Waals surface area contributed by atoms with Crippen molar-refractivity contribution in [3.8, 4) is 0 Å². The molecule has 5 heteroatoms. The summed E-state index contributed by atoms with van der Waals surface area (Å²) in [5.74, 6) is -0.0172. The topological polar surface area (TPSA) is 65.0 Å². The molecule has 1 N–H and O–H groups in total. The molecule has 38 heavy (non-hydrogen) atoms. The Balaban J connectivity index is 3.80. The lowest BCUT2D eigenvalue weighted by Crippen LogP contribution is -2.18. The number of aliphatic hydroxyl groups excluding tert-OH is 1. The lowest BCUT2D eigenvalue weighted by Gasteiger charge is -2.18. The van der Waals surface area contributed by atoms with E-state index in [2.05, 4.69) is 26.0 Å². The summed E-state index contributed by atoms with van der Waals surface area (Å²) in [4.78, 5) is 12.2. The van der Waals surface area contributed by atoms with Crippen molar-refractivity contribution in [3.05, 3.63) is 12.2 Å². The smallest absolute Gasteiger partial charge is 0.306 e. The Morgan fingerprint density at radius 1 is 0.684 bits per heavy atom. The highest BCUT2D eigenvalue weighted by molar-refractivity contribution is 5.69. The van der Waals surface area contributed by atoms with Gasteiger partial charge in [0, 0.05) is 19.6 Å². The van der Waals surface area contributed by atoms with Gasteiger partial charge in [0.1, 0.15) is 6.10 Å². The van der Waals surface area contributed by atoms with Crippen molar-refractivity contribution >= 4 is 5.97 Å². The molecule has 0 bridgehead atoms. The summed E-state index contributed by atoms with van der Waals surface area (Å²) in [5, 5.41) is 8.88. The van der Waals surface area contributed by atoms with Gasteiger partial charge in [-0.2, -0.15) is 0 Å². The SMILES string of the molecule is CCCCCC/C=C\COC(C)OCCCCCCCCC(CCCCCCCCO)OC(=O)CCCC. The summed E-state index contributed by atoms with van der Waals surface area (Å²) in [6.45, 7) is 8.03. The third-order valence-corrected chi connectivity index (χ3v) is 7.06. The van der Waals surface area contributed by atoms with Crippen LogP contribution in [0.25, 0.3) is 0 Å². The second kappa shape index (κ2) is 30.6. The van der Waals surface area contributed by atoms with Crippen molar-refractivity contribution in [2.75, 3.05) is 19.8 Å². The van der Waals surface area contributed by atoms with E-state index in [0.717, 1.165) is 70.8 Å². The van der Waals surface area contributed by atoms with Crippen LogP contribution in [0.4, 0.5) is 0 Å². The summed E-state index contributed by atoms with van der Waals surface area (Å²) < 4.78 is 17.3. The van der Waals surface area contributed by atoms with Gasteiger partial charge in [0.15, 0.2) is 6.29 Å². The van der Waals surface area contributed by atoms with Gasteiger partial charge in [-0.15, -0.1) is 0 Å². The van der Waals surface area contributed by atoms with E-state index in [0.29, 0.717) is 19.6 Å². The van der Waals surface area contributed by atoms with Gasteiger partial charge in [0.05, 0.1) is 6.61 Å². The van der Waals surface area contributed by atoms with Crippen molar-refractivity contribution in [3.63, 3.8) is 0 Å². The highest BCUT2D eigenvalue weighted by Gasteiger charge is 2.14. The van der Waals surface area contributed by atoms with E-state index < -0.39 is 0 Å². The van der Waals surface area contributed by atoms with E-state index in [-0.39, 0.29) is 18.4 Å². The first-order valence-electron chi connectivity index (χ1n) is 16.3. The zero-order valence-electron chi connectivity index (χ0n) is 25.6. The first-order valence-corrected chi connectivity index (χ1v) is 16.3. The Labute approximate surface area is 236 Å². The molecular weight excluding hydrogens is 476 g/mol. The van der Waals surface area contributed by atoms with E-state index in [1.54, 1.807) is 0 Å². The molecule has 0 saturated carbocycles. The highest BCUT2D eigenvalue weighted by Crippen LogP contribution is 2.18. The van der Waals surface area contributed by atoms with E-state index >= 15 is 0 Å². The quantitative estimate of drug-likeness (QED) is 0.0425. The van der Waals surface area contributed by atoms with Crippen molar-refractivity contribution < 1.29 is 24.1 Å². The number of unbranched alkanes of at least 4 members (excludes halogenated alkanes) is 15. The van der Waals surface area contributed by atoms with Crippen LogP contribution in [0.15, 0.2) is 12.2 Å². The first-order chi connectivity index (χ1) is 18.6. The minimum atomic E-state index is -0.141. The zero-order valence-corrected chi connectivity index (χ0v) is 25.6. The number of ether oxygens (including phenoxy) is 3. The normalized spacial score (nSPS) is 13.3. The van der Waals surface area contributed by atoms with Gasteiger partial charge in [-0.05, 0) is 64.7 Å². The maximum Gasteiger partial charge on any atom is 0.306 e.